The number of hydrogen-bond acceptors (Lipinski definition) is 6. The van der Waals surface area contributed by atoms with Gasteiger partial charge in [-0.05, 0) is 19.8 Å². The number of aryl methyl sites for hydroxylation is 2. The molecule has 0 spiro atoms. The molecule has 3 rings (SSSR count). The molecular weight excluding hydrogens is 230 g/mol. The molecule has 1 fully saturated rings. The van der Waals surface area contributed by atoms with Crippen LogP contribution >= 0.6 is 0 Å². The van der Waals surface area contributed by atoms with Crippen molar-refractivity contribution in [2.45, 2.75) is 32.7 Å². The Morgan fingerprint density at radius 2 is 2.22 bits per heavy atom. The third-order valence-electron chi connectivity index (χ3n) is 3.18. The molecule has 1 aliphatic rings. The molecule has 1 atom stereocenters. The Morgan fingerprint density at radius 1 is 1.33 bits per heavy atom. The zero-order valence-corrected chi connectivity index (χ0v) is 10.5. The van der Waals surface area contributed by atoms with Crippen LogP contribution in [0.1, 0.15) is 36.3 Å². The Morgan fingerprint density at radius 3 is 2.94 bits per heavy atom. The molecule has 1 aliphatic heterocycles. The molecule has 18 heavy (non-hydrogen) atoms. The number of hydrogen-bond donors (Lipinski definition) is 0. The zero-order valence-electron chi connectivity index (χ0n) is 10.5. The predicted octanol–water partition coefficient (Wildman–Crippen LogP) is 1.82. The normalized spacial score (nSPS) is 19.4. The van der Waals surface area contributed by atoms with E-state index in [4.69, 9.17) is 4.52 Å². The Kier molecular flexibility index (Phi) is 2.70. The van der Waals surface area contributed by atoms with Gasteiger partial charge in [0.1, 0.15) is 12.1 Å². The first-order chi connectivity index (χ1) is 8.74. The van der Waals surface area contributed by atoms with Gasteiger partial charge in [0, 0.05) is 25.2 Å². The molecule has 2 aromatic rings. The van der Waals surface area contributed by atoms with E-state index in [-0.39, 0.29) is 6.04 Å². The van der Waals surface area contributed by atoms with Crippen LogP contribution in [0.4, 0.5) is 5.82 Å². The fraction of sp³-hybridized carbons (Fsp3) is 0.500. The van der Waals surface area contributed by atoms with E-state index in [0.717, 1.165) is 36.7 Å². The summed E-state index contributed by atoms with van der Waals surface area (Å²) in [5.41, 5.74) is 0.968. The lowest BCUT2D eigenvalue weighted by Gasteiger charge is -2.23. The van der Waals surface area contributed by atoms with Gasteiger partial charge >= 0.3 is 0 Å². The van der Waals surface area contributed by atoms with Gasteiger partial charge in [-0.2, -0.15) is 4.98 Å². The predicted molar refractivity (Wildman–Crippen MR) is 65.1 cm³/mol. The fourth-order valence-electron chi connectivity index (χ4n) is 2.36. The lowest BCUT2D eigenvalue weighted by Crippen LogP contribution is -2.24. The standard InChI is InChI=1S/C12H15N5O/c1-8-6-11(14-7-13-8)17-5-3-4-10(17)12-15-9(2)18-16-12/h6-7,10H,3-5H2,1-2H3/t10-/m0/s1. The maximum Gasteiger partial charge on any atom is 0.223 e. The Balaban J connectivity index is 1.92. The lowest BCUT2D eigenvalue weighted by atomic mass is 10.2. The van der Waals surface area contributed by atoms with Crippen LogP contribution in [0, 0.1) is 13.8 Å². The highest BCUT2D eigenvalue weighted by Crippen LogP contribution is 2.33. The first-order valence-electron chi connectivity index (χ1n) is 6.09. The zero-order chi connectivity index (χ0) is 12.5. The number of rotatable bonds is 2. The van der Waals surface area contributed by atoms with Crippen LogP contribution in [0.5, 0.6) is 0 Å². The highest BCUT2D eigenvalue weighted by atomic mass is 16.5. The van der Waals surface area contributed by atoms with Gasteiger partial charge in [0.2, 0.25) is 5.89 Å². The van der Waals surface area contributed by atoms with E-state index in [0.29, 0.717) is 5.89 Å². The van der Waals surface area contributed by atoms with Gasteiger partial charge in [0.15, 0.2) is 5.82 Å². The Labute approximate surface area is 105 Å². The molecule has 0 bridgehead atoms. The smallest absolute Gasteiger partial charge is 0.223 e. The first-order valence-corrected chi connectivity index (χ1v) is 6.09. The molecule has 2 aromatic heterocycles. The third-order valence-corrected chi connectivity index (χ3v) is 3.18. The van der Waals surface area contributed by atoms with Crippen molar-refractivity contribution in [3.63, 3.8) is 0 Å². The van der Waals surface area contributed by atoms with Gasteiger partial charge in [-0.15, -0.1) is 0 Å². The second-order valence-corrected chi connectivity index (χ2v) is 4.54. The molecule has 3 heterocycles. The van der Waals surface area contributed by atoms with Crippen molar-refractivity contribution in [3.05, 3.63) is 29.8 Å². The first kappa shape index (κ1) is 11.1. The summed E-state index contributed by atoms with van der Waals surface area (Å²) in [6.07, 6.45) is 3.74. The number of anilines is 1. The fourth-order valence-corrected chi connectivity index (χ4v) is 2.36. The monoisotopic (exact) mass is 245 g/mol. The quantitative estimate of drug-likeness (QED) is 0.803. The molecule has 0 amide bonds. The van der Waals surface area contributed by atoms with Crippen molar-refractivity contribution in [1.29, 1.82) is 0 Å². The van der Waals surface area contributed by atoms with Gasteiger partial charge in [-0.1, -0.05) is 5.16 Å². The molecule has 6 nitrogen and oxygen atoms in total. The van der Waals surface area contributed by atoms with Crippen LogP contribution in [0.25, 0.3) is 0 Å². The average Bonchev–Trinajstić information content (AvgIpc) is 2.96. The number of aromatic nitrogens is 4. The molecule has 0 saturated carbocycles. The van der Waals surface area contributed by atoms with Crippen molar-refractivity contribution in [3.8, 4) is 0 Å². The maximum atomic E-state index is 5.06. The molecule has 0 aromatic carbocycles. The summed E-state index contributed by atoms with van der Waals surface area (Å²) in [6, 6.07) is 2.15. The van der Waals surface area contributed by atoms with Gasteiger partial charge in [0.05, 0.1) is 6.04 Å². The van der Waals surface area contributed by atoms with E-state index >= 15 is 0 Å². The van der Waals surface area contributed by atoms with E-state index in [2.05, 4.69) is 25.0 Å². The number of nitrogens with zero attached hydrogens (tertiary/aromatic N) is 5. The van der Waals surface area contributed by atoms with Crippen molar-refractivity contribution < 1.29 is 4.52 Å². The topological polar surface area (TPSA) is 67.9 Å². The Hall–Kier alpha value is -1.98. The summed E-state index contributed by atoms with van der Waals surface area (Å²) in [5, 5.41) is 4.02. The summed E-state index contributed by atoms with van der Waals surface area (Å²) >= 11 is 0. The van der Waals surface area contributed by atoms with E-state index in [9.17, 15) is 0 Å². The second kappa shape index (κ2) is 4.36. The SMILES string of the molecule is Cc1cc(N2CCC[C@H]2c2noc(C)n2)ncn1. The summed E-state index contributed by atoms with van der Waals surface area (Å²) in [4.78, 5) is 15.0. The molecule has 94 valence electrons. The van der Waals surface area contributed by atoms with Crippen molar-refractivity contribution in [2.24, 2.45) is 0 Å². The van der Waals surface area contributed by atoms with Crippen LogP contribution in [-0.2, 0) is 0 Å². The summed E-state index contributed by atoms with van der Waals surface area (Å²) in [7, 11) is 0. The summed E-state index contributed by atoms with van der Waals surface area (Å²) < 4.78 is 5.06. The third kappa shape index (κ3) is 1.94. The van der Waals surface area contributed by atoms with E-state index < -0.39 is 0 Å². The lowest BCUT2D eigenvalue weighted by molar-refractivity contribution is 0.383. The van der Waals surface area contributed by atoms with Crippen molar-refractivity contribution >= 4 is 5.82 Å². The summed E-state index contributed by atoms with van der Waals surface area (Å²) in [5.74, 6) is 2.30. The van der Waals surface area contributed by atoms with Gasteiger partial charge < -0.3 is 9.42 Å². The molecule has 0 N–H and O–H groups in total. The van der Waals surface area contributed by atoms with Crippen LogP contribution < -0.4 is 4.90 Å². The van der Waals surface area contributed by atoms with E-state index in [1.54, 1.807) is 6.33 Å². The molecular formula is C12H15N5O. The van der Waals surface area contributed by atoms with Crippen LogP contribution in [0.15, 0.2) is 16.9 Å². The largest absolute Gasteiger partial charge is 0.346 e. The van der Waals surface area contributed by atoms with Gasteiger partial charge in [-0.25, -0.2) is 9.97 Å². The minimum absolute atomic E-state index is 0.164. The highest BCUT2D eigenvalue weighted by molar-refractivity contribution is 5.42. The molecule has 0 radical (unpaired) electrons. The Bertz CT molecular complexity index is 553. The molecule has 0 unspecified atom stereocenters. The highest BCUT2D eigenvalue weighted by Gasteiger charge is 2.30. The summed E-state index contributed by atoms with van der Waals surface area (Å²) in [6.45, 7) is 4.74. The van der Waals surface area contributed by atoms with Crippen molar-refractivity contribution in [2.75, 3.05) is 11.4 Å². The van der Waals surface area contributed by atoms with E-state index in [1.165, 1.54) is 0 Å². The average molecular weight is 245 g/mol. The van der Waals surface area contributed by atoms with E-state index in [1.807, 2.05) is 19.9 Å². The van der Waals surface area contributed by atoms with Gasteiger partial charge in [0.25, 0.3) is 0 Å². The molecule has 1 saturated heterocycles. The minimum Gasteiger partial charge on any atom is -0.346 e. The van der Waals surface area contributed by atoms with Crippen LogP contribution in [-0.4, -0.2) is 26.7 Å². The van der Waals surface area contributed by atoms with Crippen molar-refractivity contribution in [1.82, 2.24) is 20.1 Å². The maximum absolute atomic E-state index is 5.06. The molecule has 6 heteroatoms. The minimum atomic E-state index is 0.164. The van der Waals surface area contributed by atoms with Gasteiger partial charge in [-0.3, -0.25) is 0 Å². The van der Waals surface area contributed by atoms with Crippen LogP contribution in [0.3, 0.4) is 0 Å². The molecule has 0 aliphatic carbocycles. The second-order valence-electron chi connectivity index (χ2n) is 4.54. The van der Waals surface area contributed by atoms with Crippen LogP contribution in [0.2, 0.25) is 0 Å².